The van der Waals surface area contributed by atoms with E-state index in [0.29, 0.717) is 41.8 Å². The third-order valence-corrected chi connectivity index (χ3v) is 8.63. The summed E-state index contributed by atoms with van der Waals surface area (Å²) in [6, 6.07) is 25.6. The van der Waals surface area contributed by atoms with Crippen molar-refractivity contribution in [3.8, 4) is 0 Å². The van der Waals surface area contributed by atoms with Crippen LogP contribution in [0.25, 0.3) is 0 Å². The molecule has 0 unspecified atom stereocenters. The number of carbonyl (C=O) groups excluding carboxylic acids is 1. The highest BCUT2D eigenvalue weighted by atomic mass is 16.6. The van der Waals surface area contributed by atoms with E-state index in [2.05, 4.69) is 158 Å². The monoisotopic (exact) mass is 583 g/mol. The molecule has 0 saturated heterocycles. The molecule has 0 aliphatic carbocycles. The van der Waals surface area contributed by atoms with E-state index in [-0.39, 0.29) is 5.97 Å². The zero-order valence-electron chi connectivity index (χ0n) is 28.5. The van der Waals surface area contributed by atoms with Crippen molar-refractivity contribution in [2.75, 3.05) is 14.7 Å². The molecular weight excluding hydrogens is 530 g/mol. The molecule has 0 N–H and O–H groups in total. The number of nitrogens with zero attached hydrogens (tertiary/aromatic N) is 3. The van der Waals surface area contributed by atoms with Gasteiger partial charge in [-0.15, -0.1) is 0 Å². The SMILES string of the molecule is CC(C)N(c1ccc(C2(c3ccc(N(C(C)C)C(C)C)cc3)OC(=O)c3cc(N(C(C)C)C(C)C)ccc32)cc1)C(C)C. The number of carbonyl (C=O) groups is 1. The Morgan fingerprint density at radius 2 is 0.814 bits per heavy atom. The van der Waals surface area contributed by atoms with Gasteiger partial charge >= 0.3 is 5.97 Å². The van der Waals surface area contributed by atoms with Gasteiger partial charge in [-0.25, -0.2) is 4.79 Å². The van der Waals surface area contributed by atoms with Gasteiger partial charge in [0.25, 0.3) is 0 Å². The Bertz CT molecular complexity index is 1300. The van der Waals surface area contributed by atoms with Crippen molar-refractivity contribution in [3.05, 3.63) is 89.0 Å². The molecule has 3 aromatic carbocycles. The molecule has 232 valence electrons. The molecule has 0 amide bonds. The van der Waals surface area contributed by atoms with E-state index in [0.717, 1.165) is 33.8 Å². The van der Waals surface area contributed by atoms with Gasteiger partial charge in [0.1, 0.15) is 0 Å². The number of anilines is 3. The summed E-state index contributed by atoms with van der Waals surface area (Å²) in [5, 5.41) is 0. The Morgan fingerprint density at radius 1 is 0.488 bits per heavy atom. The van der Waals surface area contributed by atoms with Gasteiger partial charge in [0.2, 0.25) is 0 Å². The Hall–Kier alpha value is -3.47. The van der Waals surface area contributed by atoms with Gasteiger partial charge in [0.05, 0.1) is 5.56 Å². The number of ether oxygens (including phenoxy) is 1. The quantitative estimate of drug-likeness (QED) is 0.211. The van der Waals surface area contributed by atoms with Gasteiger partial charge in [0, 0.05) is 70.0 Å². The van der Waals surface area contributed by atoms with Crippen LogP contribution in [0.4, 0.5) is 17.1 Å². The van der Waals surface area contributed by atoms with Crippen LogP contribution in [0.3, 0.4) is 0 Å². The number of hydrogen-bond acceptors (Lipinski definition) is 5. The lowest BCUT2D eigenvalue weighted by atomic mass is 9.79. The molecule has 0 radical (unpaired) electrons. The van der Waals surface area contributed by atoms with Crippen LogP contribution in [-0.2, 0) is 10.3 Å². The lowest BCUT2D eigenvalue weighted by molar-refractivity contribution is 0.0251. The van der Waals surface area contributed by atoms with E-state index >= 15 is 0 Å². The van der Waals surface area contributed by atoms with Crippen molar-refractivity contribution < 1.29 is 9.53 Å². The minimum Gasteiger partial charge on any atom is -0.441 e. The fourth-order valence-electron chi connectivity index (χ4n) is 7.33. The summed E-state index contributed by atoms with van der Waals surface area (Å²) in [5.41, 5.74) is 5.74. The number of rotatable bonds is 11. The van der Waals surface area contributed by atoms with Gasteiger partial charge in [-0.3, -0.25) is 0 Å². The van der Waals surface area contributed by atoms with Gasteiger partial charge in [-0.1, -0.05) is 30.3 Å². The Morgan fingerprint density at radius 3 is 1.16 bits per heavy atom. The highest BCUT2D eigenvalue weighted by Gasteiger charge is 2.49. The second kappa shape index (κ2) is 12.6. The van der Waals surface area contributed by atoms with Crippen LogP contribution in [0.1, 0.15) is 110 Å². The van der Waals surface area contributed by atoms with Crippen LogP contribution >= 0.6 is 0 Å². The zero-order valence-corrected chi connectivity index (χ0v) is 28.5. The molecule has 3 aromatic rings. The molecule has 0 saturated carbocycles. The molecule has 5 heteroatoms. The third-order valence-electron chi connectivity index (χ3n) is 8.63. The maximum absolute atomic E-state index is 13.8. The lowest BCUT2D eigenvalue weighted by Gasteiger charge is -2.36. The van der Waals surface area contributed by atoms with Crippen molar-refractivity contribution in [1.82, 2.24) is 0 Å². The average molecular weight is 584 g/mol. The molecule has 0 spiro atoms. The van der Waals surface area contributed by atoms with Crippen LogP contribution in [0.5, 0.6) is 0 Å². The number of fused-ring (bicyclic) bond motifs is 1. The molecule has 5 nitrogen and oxygen atoms in total. The van der Waals surface area contributed by atoms with Crippen LogP contribution < -0.4 is 14.7 Å². The van der Waals surface area contributed by atoms with Crippen LogP contribution in [0.15, 0.2) is 66.7 Å². The number of benzene rings is 3. The highest BCUT2D eigenvalue weighted by Crippen LogP contribution is 2.48. The van der Waals surface area contributed by atoms with Crippen LogP contribution in [-0.4, -0.2) is 42.2 Å². The predicted octanol–water partition coefficient (Wildman–Crippen LogP) is 9.02. The summed E-state index contributed by atoms with van der Waals surface area (Å²) >= 11 is 0. The smallest absolute Gasteiger partial charge is 0.340 e. The molecule has 1 aliphatic heterocycles. The van der Waals surface area contributed by atoms with Gasteiger partial charge in [0.15, 0.2) is 5.60 Å². The maximum atomic E-state index is 13.8. The Labute approximate surface area is 260 Å². The minimum atomic E-state index is -1.04. The molecule has 43 heavy (non-hydrogen) atoms. The molecule has 0 fully saturated rings. The summed E-state index contributed by atoms with van der Waals surface area (Å²) < 4.78 is 6.55. The normalized spacial score (nSPS) is 14.3. The Kier molecular flexibility index (Phi) is 9.54. The lowest BCUT2D eigenvalue weighted by Crippen LogP contribution is -2.37. The van der Waals surface area contributed by atoms with Crippen molar-refractivity contribution in [2.45, 2.75) is 125 Å². The standard InChI is InChI=1S/C38H53N3O2/c1-24(2)39(25(3)4)32-17-13-30(14-18-32)38(31-15-19-33(20-16-31)40(26(5)6)27(7)8)36-22-21-34(23-35(36)37(42)43-38)41(28(9)10)29(11)12/h13-29H,1-12H3. The maximum Gasteiger partial charge on any atom is 0.340 e. The number of esters is 1. The summed E-state index contributed by atoms with van der Waals surface area (Å²) in [6.45, 7) is 26.5. The van der Waals surface area contributed by atoms with Crippen molar-refractivity contribution in [2.24, 2.45) is 0 Å². The van der Waals surface area contributed by atoms with E-state index in [9.17, 15) is 4.79 Å². The summed E-state index contributed by atoms with van der Waals surface area (Å²) in [7, 11) is 0. The van der Waals surface area contributed by atoms with Crippen molar-refractivity contribution in [3.63, 3.8) is 0 Å². The summed E-state index contributed by atoms with van der Waals surface area (Å²) in [6.07, 6.45) is 0. The van der Waals surface area contributed by atoms with Gasteiger partial charge < -0.3 is 19.4 Å². The molecule has 4 rings (SSSR count). The first-order chi connectivity index (χ1) is 20.2. The first-order valence-electron chi connectivity index (χ1n) is 16.1. The molecule has 1 heterocycles. The number of cyclic esters (lactones) is 1. The summed E-state index contributed by atoms with van der Waals surface area (Å²) in [5.74, 6) is -0.283. The van der Waals surface area contributed by atoms with E-state index < -0.39 is 5.60 Å². The first-order valence-corrected chi connectivity index (χ1v) is 16.1. The number of hydrogen-bond donors (Lipinski definition) is 0. The molecule has 0 atom stereocenters. The van der Waals surface area contributed by atoms with E-state index in [1.54, 1.807) is 0 Å². The fourth-order valence-corrected chi connectivity index (χ4v) is 7.33. The molecule has 0 bridgehead atoms. The second-order valence-electron chi connectivity index (χ2n) is 13.7. The van der Waals surface area contributed by atoms with Crippen molar-refractivity contribution in [1.29, 1.82) is 0 Å². The van der Waals surface area contributed by atoms with Crippen molar-refractivity contribution >= 4 is 23.0 Å². The van der Waals surface area contributed by atoms with Gasteiger partial charge in [-0.2, -0.15) is 0 Å². The van der Waals surface area contributed by atoms with Gasteiger partial charge in [-0.05, 0) is 119 Å². The molecular formula is C38H53N3O2. The molecule has 1 aliphatic rings. The Balaban J connectivity index is 1.91. The highest BCUT2D eigenvalue weighted by molar-refractivity contribution is 5.97. The minimum absolute atomic E-state index is 0.283. The van der Waals surface area contributed by atoms with E-state index in [1.165, 1.54) is 0 Å². The van der Waals surface area contributed by atoms with E-state index in [4.69, 9.17) is 4.74 Å². The zero-order chi connectivity index (χ0) is 31.8. The fraction of sp³-hybridized carbons (Fsp3) is 0.500. The third kappa shape index (κ3) is 6.01. The van der Waals surface area contributed by atoms with Crippen LogP contribution in [0, 0.1) is 0 Å². The first kappa shape index (κ1) is 32.4. The topological polar surface area (TPSA) is 36.0 Å². The summed E-state index contributed by atoms with van der Waals surface area (Å²) in [4.78, 5) is 21.0. The second-order valence-corrected chi connectivity index (χ2v) is 13.7. The average Bonchev–Trinajstić information content (AvgIpc) is 3.21. The largest absolute Gasteiger partial charge is 0.441 e. The van der Waals surface area contributed by atoms with Crippen LogP contribution in [0.2, 0.25) is 0 Å². The van der Waals surface area contributed by atoms with E-state index in [1.807, 2.05) is 6.07 Å². The molecule has 0 aromatic heterocycles. The predicted molar refractivity (Wildman–Crippen MR) is 183 cm³/mol.